The standard InChI is InChI=1S/C16H14FN3O/c17-14-5-2-6-15(8-14)20-16(21)11-19-10-13-4-1-3-12(7-13)9-18/h1-8,19H,10-11H2,(H,20,21). The molecule has 0 aromatic heterocycles. The second-order valence-corrected chi connectivity index (χ2v) is 4.47. The van der Waals surface area contributed by atoms with Gasteiger partial charge in [0.25, 0.3) is 0 Å². The Hall–Kier alpha value is -2.71. The third-order valence-corrected chi connectivity index (χ3v) is 2.78. The zero-order valence-corrected chi connectivity index (χ0v) is 11.3. The van der Waals surface area contributed by atoms with Crippen molar-refractivity contribution in [3.05, 3.63) is 65.5 Å². The van der Waals surface area contributed by atoms with E-state index in [1.54, 1.807) is 24.3 Å². The Morgan fingerprint density at radius 1 is 1.19 bits per heavy atom. The fourth-order valence-corrected chi connectivity index (χ4v) is 1.84. The molecule has 0 unspecified atom stereocenters. The normalized spacial score (nSPS) is 9.90. The lowest BCUT2D eigenvalue weighted by Crippen LogP contribution is -2.27. The molecule has 1 amide bonds. The molecule has 5 heteroatoms. The number of nitrogens with zero attached hydrogens (tertiary/aromatic N) is 1. The molecule has 2 aromatic rings. The van der Waals surface area contributed by atoms with Gasteiger partial charge in [-0.15, -0.1) is 0 Å². The van der Waals surface area contributed by atoms with Crippen molar-refractivity contribution < 1.29 is 9.18 Å². The molecule has 2 N–H and O–H groups in total. The van der Waals surface area contributed by atoms with Crippen molar-refractivity contribution in [2.75, 3.05) is 11.9 Å². The first-order valence-electron chi connectivity index (χ1n) is 6.42. The first-order valence-corrected chi connectivity index (χ1v) is 6.42. The van der Waals surface area contributed by atoms with E-state index in [1.165, 1.54) is 18.2 Å². The minimum absolute atomic E-state index is 0.104. The third-order valence-electron chi connectivity index (χ3n) is 2.78. The number of halogens is 1. The Labute approximate surface area is 122 Å². The second kappa shape index (κ2) is 7.17. The lowest BCUT2D eigenvalue weighted by atomic mass is 10.1. The average molecular weight is 283 g/mol. The van der Waals surface area contributed by atoms with Crippen LogP contribution in [0.15, 0.2) is 48.5 Å². The lowest BCUT2D eigenvalue weighted by Gasteiger charge is -2.07. The Balaban J connectivity index is 1.80. The van der Waals surface area contributed by atoms with Crippen LogP contribution in [0.25, 0.3) is 0 Å². The van der Waals surface area contributed by atoms with Crippen LogP contribution in [0.5, 0.6) is 0 Å². The topological polar surface area (TPSA) is 64.9 Å². The van der Waals surface area contributed by atoms with Gasteiger partial charge >= 0.3 is 0 Å². The van der Waals surface area contributed by atoms with Crippen molar-refractivity contribution in [3.8, 4) is 6.07 Å². The van der Waals surface area contributed by atoms with Crippen molar-refractivity contribution >= 4 is 11.6 Å². The van der Waals surface area contributed by atoms with Crippen molar-refractivity contribution in [2.24, 2.45) is 0 Å². The number of hydrogen-bond donors (Lipinski definition) is 2. The zero-order valence-electron chi connectivity index (χ0n) is 11.3. The SMILES string of the molecule is N#Cc1cccc(CNCC(=O)Nc2cccc(F)c2)c1. The van der Waals surface area contributed by atoms with E-state index in [9.17, 15) is 9.18 Å². The van der Waals surface area contributed by atoms with Crippen molar-refractivity contribution in [1.82, 2.24) is 5.32 Å². The van der Waals surface area contributed by atoms with Crippen molar-refractivity contribution in [1.29, 1.82) is 5.26 Å². The van der Waals surface area contributed by atoms with Gasteiger partial charge in [-0.05, 0) is 35.9 Å². The number of benzene rings is 2. The van der Waals surface area contributed by atoms with Gasteiger partial charge in [0, 0.05) is 12.2 Å². The lowest BCUT2D eigenvalue weighted by molar-refractivity contribution is -0.115. The van der Waals surface area contributed by atoms with Crippen molar-refractivity contribution in [3.63, 3.8) is 0 Å². The van der Waals surface area contributed by atoms with Crippen LogP contribution in [0.4, 0.5) is 10.1 Å². The van der Waals surface area contributed by atoms with Crippen LogP contribution >= 0.6 is 0 Å². The van der Waals surface area contributed by atoms with Gasteiger partial charge < -0.3 is 10.6 Å². The maximum Gasteiger partial charge on any atom is 0.238 e. The molecular formula is C16H14FN3O. The molecule has 2 rings (SSSR count). The summed E-state index contributed by atoms with van der Waals surface area (Å²) in [5.74, 6) is -0.647. The molecule has 0 bridgehead atoms. The summed E-state index contributed by atoms with van der Waals surface area (Å²) in [5, 5.41) is 14.4. The molecule has 4 nitrogen and oxygen atoms in total. The monoisotopic (exact) mass is 283 g/mol. The second-order valence-electron chi connectivity index (χ2n) is 4.47. The summed E-state index contributed by atoms with van der Waals surface area (Å²) < 4.78 is 13.0. The number of carbonyl (C=O) groups excluding carboxylic acids is 1. The molecule has 0 atom stereocenters. The highest BCUT2D eigenvalue weighted by Crippen LogP contribution is 2.08. The Morgan fingerprint density at radius 3 is 2.76 bits per heavy atom. The summed E-state index contributed by atoms with van der Waals surface area (Å²) in [5.41, 5.74) is 1.93. The predicted octanol–water partition coefficient (Wildman–Crippen LogP) is 2.43. The first-order chi connectivity index (χ1) is 10.2. The predicted molar refractivity (Wildman–Crippen MR) is 77.9 cm³/mol. The highest BCUT2D eigenvalue weighted by molar-refractivity contribution is 5.92. The van der Waals surface area contributed by atoms with Crippen LogP contribution < -0.4 is 10.6 Å². The minimum Gasteiger partial charge on any atom is -0.325 e. The van der Waals surface area contributed by atoms with Gasteiger partial charge in [-0.25, -0.2) is 4.39 Å². The average Bonchev–Trinajstić information content (AvgIpc) is 2.47. The third kappa shape index (κ3) is 4.71. The Bertz CT molecular complexity index is 679. The molecule has 0 heterocycles. The van der Waals surface area contributed by atoms with Crippen LogP contribution in [0, 0.1) is 17.1 Å². The number of nitrogens with one attached hydrogen (secondary N) is 2. The van der Waals surface area contributed by atoms with Gasteiger partial charge in [-0.1, -0.05) is 18.2 Å². The highest BCUT2D eigenvalue weighted by Gasteiger charge is 2.03. The van der Waals surface area contributed by atoms with Gasteiger partial charge in [-0.3, -0.25) is 4.79 Å². The van der Waals surface area contributed by atoms with Crippen LogP contribution in [-0.4, -0.2) is 12.5 Å². The molecule has 0 spiro atoms. The number of anilines is 1. The number of amides is 1. The van der Waals surface area contributed by atoms with Gasteiger partial charge in [-0.2, -0.15) is 5.26 Å². The van der Waals surface area contributed by atoms with E-state index in [0.717, 1.165) is 5.56 Å². The molecule has 0 fully saturated rings. The largest absolute Gasteiger partial charge is 0.325 e. The van der Waals surface area contributed by atoms with Crippen LogP contribution in [-0.2, 0) is 11.3 Å². The molecule has 2 aromatic carbocycles. The quantitative estimate of drug-likeness (QED) is 0.885. The summed E-state index contributed by atoms with van der Waals surface area (Å²) in [6.07, 6.45) is 0. The number of hydrogen-bond acceptors (Lipinski definition) is 3. The fourth-order valence-electron chi connectivity index (χ4n) is 1.84. The molecule has 0 saturated carbocycles. The smallest absolute Gasteiger partial charge is 0.238 e. The van der Waals surface area contributed by atoms with Gasteiger partial charge in [0.2, 0.25) is 5.91 Å². The summed E-state index contributed by atoms with van der Waals surface area (Å²) in [4.78, 5) is 11.7. The van der Waals surface area contributed by atoms with Crippen LogP contribution in [0.1, 0.15) is 11.1 Å². The number of nitriles is 1. The summed E-state index contributed by atoms with van der Waals surface area (Å²) in [6.45, 7) is 0.583. The molecule has 0 aliphatic carbocycles. The van der Waals surface area contributed by atoms with Gasteiger partial charge in [0.05, 0.1) is 18.2 Å². The van der Waals surface area contributed by atoms with Gasteiger partial charge in [0.1, 0.15) is 5.82 Å². The maximum absolute atomic E-state index is 13.0. The zero-order chi connectivity index (χ0) is 15.1. The molecule has 0 aliphatic rings. The first kappa shape index (κ1) is 14.7. The Morgan fingerprint density at radius 2 is 2.00 bits per heavy atom. The van der Waals surface area contributed by atoms with E-state index in [1.807, 2.05) is 6.07 Å². The number of carbonyl (C=O) groups is 1. The summed E-state index contributed by atoms with van der Waals surface area (Å²) in [7, 11) is 0. The van der Waals surface area contributed by atoms with E-state index in [4.69, 9.17) is 5.26 Å². The van der Waals surface area contributed by atoms with Crippen molar-refractivity contribution in [2.45, 2.75) is 6.54 Å². The molecule has 106 valence electrons. The molecule has 0 aliphatic heterocycles. The highest BCUT2D eigenvalue weighted by atomic mass is 19.1. The summed E-state index contributed by atoms with van der Waals surface area (Å²) in [6, 6.07) is 14.9. The number of rotatable bonds is 5. The summed E-state index contributed by atoms with van der Waals surface area (Å²) >= 11 is 0. The van der Waals surface area contributed by atoms with E-state index < -0.39 is 5.82 Å². The molecule has 0 radical (unpaired) electrons. The van der Waals surface area contributed by atoms with E-state index in [2.05, 4.69) is 16.7 Å². The maximum atomic E-state index is 13.0. The van der Waals surface area contributed by atoms with Crippen LogP contribution in [0.2, 0.25) is 0 Å². The Kier molecular flexibility index (Phi) is 5.02. The molecule has 21 heavy (non-hydrogen) atoms. The van der Waals surface area contributed by atoms with Crippen LogP contribution in [0.3, 0.4) is 0 Å². The van der Waals surface area contributed by atoms with E-state index >= 15 is 0 Å². The molecule has 0 saturated heterocycles. The van der Waals surface area contributed by atoms with Gasteiger partial charge in [0.15, 0.2) is 0 Å². The fraction of sp³-hybridized carbons (Fsp3) is 0.125. The minimum atomic E-state index is -0.394. The molecular weight excluding hydrogens is 269 g/mol. The van der Waals surface area contributed by atoms with E-state index in [-0.39, 0.29) is 12.5 Å². The van der Waals surface area contributed by atoms with E-state index in [0.29, 0.717) is 17.8 Å².